The molecule has 0 bridgehead atoms. The number of nitrogens with one attached hydrogen (secondary N) is 1. The van der Waals surface area contributed by atoms with E-state index in [4.69, 9.17) is 0 Å². The zero-order valence-electron chi connectivity index (χ0n) is 20.8. The van der Waals surface area contributed by atoms with Crippen LogP contribution in [-0.2, 0) is 25.1 Å². The Morgan fingerprint density at radius 3 is 2.60 bits per heavy atom. The fraction of sp³-hybridized carbons (Fsp3) is 0.370. The molecule has 0 amide bonds. The molecule has 7 nitrogen and oxygen atoms in total. The van der Waals surface area contributed by atoms with Gasteiger partial charge >= 0.3 is 0 Å². The molecule has 8 heteroatoms. The Hall–Kier alpha value is -3.52. The summed E-state index contributed by atoms with van der Waals surface area (Å²) in [6, 6.07) is 12.3. The number of pyridine rings is 2. The van der Waals surface area contributed by atoms with Gasteiger partial charge in [0.05, 0.1) is 22.3 Å². The van der Waals surface area contributed by atoms with Gasteiger partial charge in [0, 0.05) is 36.7 Å². The molecule has 1 aliphatic rings. The maximum absolute atomic E-state index is 14.6. The number of hydrogen-bond donors (Lipinski definition) is 1. The number of anilines is 2. The summed E-state index contributed by atoms with van der Waals surface area (Å²) in [6.07, 6.45) is 5.28. The molecule has 0 radical (unpaired) electrons. The molecule has 3 aromatic heterocycles. The first-order valence-electron chi connectivity index (χ1n) is 12.0. The van der Waals surface area contributed by atoms with Gasteiger partial charge in [-0.2, -0.15) is 0 Å². The smallest absolute Gasteiger partial charge is 0.276 e. The van der Waals surface area contributed by atoms with Crippen LogP contribution in [0.3, 0.4) is 0 Å². The predicted molar refractivity (Wildman–Crippen MR) is 138 cm³/mol. The molecular formula is C27H31FN6O. The quantitative estimate of drug-likeness (QED) is 0.443. The first kappa shape index (κ1) is 23.2. The normalized spacial score (nSPS) is 15.7. The first-order chi connectivity index (χ1) is 16.7. The van der Waals surface area contributed by atoms with Crippen molar-refractivity contribution in [2.45, 2.75) is 51.9 Å². The lowest BCUT2D eigenvalue weighted by atomic mass is 10.1. The molecular weight excluding hydrogens is 443 g/mol. The van der Waals surface area contributed by atoms with Crippen LogP contribution in [-0.4, -0.2) is 44.4 Å². The molecule has 182 valence electrons. The van der Waals surface area contributed by atoms with Gasteiger partial charge in [0.25, 0.3) is 5.56 Å². The number of benzene rings is 1. The maximum atomic E-state index is 14.6. The van der Waals surface area contributed by atoms with Gasteiger partial charge in [0.1, 0.15) is 11.5 Å². The Balaban J connectivity index is 1.55. The van der Waals surface area contributed by atoms with E-state index in [0.29, 0.717) is 40.7 Å². The van der Waals surface area contributed by atoms with Crippen molar-refractivity contribution in [1.29, 1.82) is 0 Å². The summed E-state index contributed by atoms with van der Waals surface area (Å²) >= 11 is 0. The highest BCUT2D eigenvalue weighted by molar-refractivity contribution is 5.82. The number of aromatic nitrogens is 4. The number of hydrogen-bond acceptors (Lipinski definition) is 5. The van der Waals surface area contributed by atoms with Crippen LogP contribution in [0, 0.1) is 0 Å². The highest BCUT2D eigenvalue weighted by Gasteiger charge is 2.24. The van der Waals surface area contributed by atoms with E-state index in [9.17, 15) is 9.18 Å². The van der Waals surface area contributed by atoms with Crippen molar-refractivity contribution in [1.82, 2.24) is 24.2 Å². The molecule has 0 aliphatic heterocycles. The number of likely N-dealkylation sites (N-methyl/N-ethyl adjacent to an activating group) is 1. The number of nitrogens with zero attached hydrogens (tertiary/aromatic N) is 5. The molecule has 0 saturated carbocycles. The fourth-order valence-corrected chi connectivity index (χ4v) is 4.84. The minimum Gasteiger partial charge on any atom is -0.340 e. The molecule has 0 saturated heterocycles. The first-order valence-corrected chi connectivity index (χ1v) is 12.0. The molecule has 5 rings (SSSR count). The van der Waals surface area contributed by atoms with Crippen LogP contribution in [0.25, 0.3) is 16.6 Å². The van der Waals surface area contributed by atoms with Gasteiger partial charge < -0.3 is 10.2 Å². The average Bonchev–Trinajstić information content (AvgIpc) is 3.37. The van der Waals surface area contributed by atoms with Gasteiger partial charge in [0.15, 0.2) is 0 Å². The monoisotopic (exact) mass is 474 g/mol. The second-order valence-corrected chi connectivity index (χ2v) is 9.93. The molecule has 1 atom stereocenters. The Morgan fingerprint density at radius 1 is 1.11 bits per heavy atom. The Bertz CT molecular complexity index is 1460. The molecule has 4 aromatic rings. The molecule has 0 fully saturated rings. The lowest BCUT2D eigenvalue weighted by Crippen LogP contribution is -2.27. The minimum absolute atomic E-state index is 0.133. The summed E-state index contributed by atoms with van der Waals surface area (Å²) in [7, 11) is 4.24. The Kier molecular flexibility index (Phi) is 5.71. The second kappa shape index (κ2) is 8.61. The summed E-state index contributed by atoms with van der Waals surface area (Å²) in [5.41, 5.74) is 3.67. The second-order valence-electron chi connectivity index (χ2n) is 9.93. The van der Waals surface area contributed by atoms with Crippen molar-refractivity contribution in [3.05, 3.63) is 76.0 Å². The summed E-state index contributed by atoms with van der Waals surface area (Å²) in [6.45, 7) is 5.33. The minimum atomic E-state index is -1.59. The van der Waals surface area contributed by atoms with Crippen LogP contribution in [0.4, 0.5) is 15.9 Å². The molecule has 1 N–H and O–H groups in total. The van der Waals surface area contributed by atoms with Crippen molar-refractivity contribution in [2.24, 2.45) is 0 Å². The van der Waals surface area contributed by atoms with E-state index < -0.39 is 5.67 Å². The summed E-state index contributed by atoms with van der Waals surface area (Å²) in [5.74, 6) is 0.640. The summed E-state index contributed by atoms with van der Waals surface area (Å²) < 4.78 is 18.1. The topological polar surface area (TPSA) is 68.0 Å². The zero-order chi connectivity index (χ0) is 24.9. The molecule has 1 aliphatic carbocycles. The lowest BCUT2D eigenvalue weighted by Gasteiger charge is -2.17. The SMILES string of the molecule is CCn1c(=O)c2cnc(Nc3ccc4c(c3)CC(N(C)C)C4)cc2n1-c1ccnc(C(C)(C)F)c1. The van der Waals surface area contributed by atoms with Crippen LogP contribution >= 0.6 is 0 Å². The third-order valence-corrected chi connectivity index (χ3v) is 6.83. The molecule has 1 unspecified atom stereocenters. The maximum Gasteiger partial charge on any atom is 0.276 e. The number of halogens is 1. The largest absolute Gasteiger partial charge is 0.340 e. The van der Waals surface area contributed by atoms with Gasteiger partial charge in [-0.1, -0.05) is 6.07 Å². The van der Waals surface area contributed by atoms with E-state index in [1.54, 1.807) is 29.2 Å². The van der Waals surface area contributed by atoms with Crippen molar-refractivity contribution in [3.63, 3.8) is 0 Å². The van der Waals surface area contributed by atoms with Crippen molar-refractivity contribution < 1.29 is 4.39 Å². The highest BCUT2D eigenvalue weighted by Crippen LogP contribution is 2.30. The van der Waals surface area contributed by atoms with Crippen molar-refractivity contribution >= 4 is 22.4 Å². The third kappa shape index (κ3) is 4.23. The van der Waals surface area contributed by atoms with Crippen LogP contribution in [0.1, 0.15) is 37.6 Å². The van der Waals surface area contributed by atoms with Gasteiger partial charge in [0.2, 0.25) is 0 Å². The molecule has 3 heterocycles. The third-order valence-electron chi connectivity index (χ3n) is 6.83. The standard InChI is InChI=1S/C27H31FN6O/c1-6-33-26(35)22-16-30-25(31-19-8-7-17-12-21(32(4)5)13-18(17)11-19)15-23(22)34(33)20-9-10-29-24(14-20)27(2,3)28/h7-11,14-16,21H,6,12-13H2,1-5H3,(H,30,31). The predicted octanol–water partition coefficient (Wildman–Crippen LogP) is 4.58. The van der Waals surface area contributed by atoms with Gasteiger partial charge in [-0.3, -0.25) is 9.78 Å². The van der Waals surface area contributed by atoms with E-state index in [-0.39, 0.29) is 5.56 Å². The Labute approximate surface area is 204 Å². The van der Waals surface area contributed by atoms with E-state index in [2.05, 4.69) is 52.5 Å². The Morgan fingerprint density at radius 2 is 1.89 bits per heavy atom. The van der Waals surface area contributed by atoms with E-state index >= 15 is 0 Å². The van der Waals surface area contributed by atoms with Crippen molar-refractivity contribution in [3.8, 4) is 5.69 Å². The van der Waals surface area contributed by atoms with Crippen LogP contribution in [0.2, 0.25) is 0 Å². The van der Waals surface area contributed by atoms with Crippen LogP contribution in [0.15, 0.2) is 53.6 Å². The van der Waals surface area contributed by atoms with Crippen LogP contribution in [0.5, 0.6) is 0 Å². The van der Waals surface area contributed by atoms with Gasteiger partial charge in [-0.25, -0.2) is 18.7 Å². The summed E-state index contributed by atoms with van der Waals surface area (Å²) in [4.78, 5) is 24.1. The fourth-order valence-electron chi connectivity index (χ4n) is 4.84. The highest BCUT2D eigenvalue weighted by atomic mass is 19.1. The van der Waals surface area contributed by atoms with Crippen LogP contribution < -0.4 is 10.9 Å². The van der Waals surface area contributed by atoms with E-state index in [1.165, 1.54) is 25.0 Å². The molecule has 1 aromatic carbocycles. The van der Waals surface area contributed by atoms with Gasteiger partial charge in [-0.05, 0) is 83.1 Å². The van der Waals surface area contributed by atoms with Gasteiger partial charge in [-0.15, -0.1) is 0 Å². The number of fused-ring (bicyclic) bond motifs is 2. The van der Waals surface area contributed by atoms with E-state index in [0.717, 1.165) is 18.5 Å². The average molecular weight is 475 g/mol. The van der Waals surface area contributed by atoms with Crippen molar-refractivity contribution in [2.75, 3.05) is 19.4 Å². The lowest BCUT2D eigenvalue weighted by molar-refractivity contribution is 0.214. The van der Waals surface area contributed by atoms with E-state index in [1.807, 2.05) is 17.7 Å². The zero-order valence-corrected chi connectivity index (χ0v) is 20.8. The number of alkyl halides is 1. The number of rotatable bonds is 6. The molecule has 0 spiro atoms. The molecule has 35 heavy (non-hydrogen) atoms. The summed E-state index contributed by atoms with van der Waals surface area (Å²) in [5, 5.41) is 3.92.